The van der Waals surface area contributed by atoms with Crippen molar-refractivity contribution in [1.82, 2.24) is 5.32 Å². The number of carbonyl (C=O) groups is 1. The quantitative estimate of drug-likeness (QED) is 0.407. The molecule has 0 fully saturated rings. The number of hydrogen-bond donors (Lipinski definition) is 1. The number of methoxy groups -OCH3 is 1. The summed E-state index contributed by atoms with van der Waals surface area (Å²) in [7, 11) is -2.59. The molecule has 0 saturated heterocycles. The zero-order chi connectivity index (χ0) is 26.6. The highest BCUT2D eigenvalue weighted by Gasteiger charge is 2.39. The Morgan fingerprint density at radius 1 is 1.03 bits per heavy atom. The second kappa shape index (κ2) is 10.8. The Balaban J connectivity index is 1.68. The van der Waals surface area contributed by atoms with E-state index in [1.807, 2.05) is 31.2 Å². The molecule has 3 aromatic carbocycles. The third kappa shape index (κ3) is 5.44. The Morgan fingerprint density at radius 2 is 1.68 bits per heavy atom. The maximum atomic E-state index is 13.8. The predicted molar refractivity (Wildman–Crippen MR) is 145 cm³/mol. The fourth-order valence-electron chi connectivity index (χ4n) is 4.77. The van der Waals surface area contributed by atoms with Gasteiger partial charge in [-0.3, -0.25) is 9.10 Å². The first kappa shape index (κ1) is 26.5. The second-order valence-corrected chi connectivity index (χ2v) is 11.2. The number of fused-ring (bicyclic) bond motifs is 1. The standard InChI is InChI=1S/C29H34N2O5S/c1-5-29(6-2)19-24(23-11-7-9-13-26(23)36-29)30-28(32)20-31(25-12-8-10-14-27(25)35-4)37(33,34)22-17-15-21(3)16-18-22/h7-18,24H,5-6,19-20H2,1-4H3,(H,30,32)/t24-/m0/s1. The number of anilines is 1. The molecule has 1 heterocycles. The van der Waals surface area contributed by atoms with Crippen molar-refractivity contribution < 1.29 is 22.7 Å². The summed E-state index contributed by atoms with van der Waals surface area (Å²) < 4.78 is 40.5. The summed E-state index contributed by atoms with van der Waals surface area (Å²) >= 11 is 0. The van der Waals surface area contributed by atoms with Gasteiger partial charge in [0.05, 0.1) is 23.7 Å². The first-order chi connectivity index (χ1) is 17.7. The van der Waals surface area contributed by atoms with Crippen LogP contribution in [0.15, 0.2) is 77.7 Å². The summed E-state index contributed by atoms with van der Waals surface area (Å²) in [5.74, 6) is 0.694. The molecule has 0 spiro atoms. The number of rotatable bonds is 9. The van der Waals surface area contributed by atoms with Crippen LogP contribution in [0.1, 0.15) is 50.3 Å². The fraction of sp³-hybridized carbons (Fsp3) is 0.345. The van der Waals surface area contributed by atoms with Crippen molar-refractivity contribution in [1.29, 1.82) is 0 Å². The highest BCUT2D eigenvalue weighted by Crippen LogP contribution is 2.42. The minimum absolute atomic E-state index is 0.101. The van der Waals surface area contributed by atoms with Crippen molar-refractivity contribution >= 4 is 21.6 Å². The van der Waals surface area contributed by atoms with E-state index in [2.05, 4.69) is 19.2 Å². The number of sulfonamides is 1. The van der Waals surface area contributed by atoms with Crippen LogP contribution >= 0.6 is 0 Å². The van der Waals surface area contributed by atoms with Gasteiger partial charge in [-0.2, -0.15) is 0 Å². The molecule has 0 radical (unpaired) electrons. The Morgan fingerprint density at radius 3 is 2.35 bits per heavy atom. The lowest BCUT2D eigenvalue weighted by atomic mass is 9.83. The number of carbonyl (C=O) groups excluding carboxylic acids is 1. The first-order valence-corrected chi connectivity index (χ1v) is 14.0. The number of hydrogen-bond acceptors (Lipinski definition) is 5. The van der Waals surface area contributed by atoms with Gasteiger partial charge in [-0.25, -0.2) is 8.42 Å². The van der Waals surface area contributed by atoms with Crippen LogP contribution in [0.5, 0.6) is 11.5 Å². The van der Waals surface area contributed by atoms with Gasteiger partial charge >= 0.3 is 0 Å². The van der Waals surface area contributed by atoms with Gasteiger partial charge in [0.1, 0.15) is 23.6 Å². The second-order valence-electron chi connectivity index (χ2n) is 9.35. The summed E-state index contributed by atoms with van der Waals surface area (Å²) in [5.41, 5.74) is 1.72. The van der Waals surface area contributed by atoms with Crippen LogP contribution in [0.25, 0.3) is 0 Å². The maximum absolute atomic E-state index is 13.8. The van der Waals surface area contributed by atoms with E-state index in [1.54, 1.807) is 48.5 Å². The molecule has 0 aliphatic carbocycles. The van der Waals surface area contributed by atoms with Crippen LogP contribution in [0.3, 0.4) is 0 Å². The minimum atomic E-state index is -4.06. The number of aryl methyl sites for hydroxylation is 1. The van der Waals surface area contributed by atoms with E-state index in [4.69, 9.17) is 9.47 Å². The first-order valence-electron chi connectivity index (χ1n) is 12.5. The van der Waals surface area contributed by atoms with Gasteiger partial charge in [0.2, 0.25) is 5.91 Å². The van der Waals surface area contributed by atoms with Crippen LogP contribution in [0.4, 0.5) is 5.69 Å². The molecule has 3 aromatic rings. The number of nitrogens with one attached hydrogen (secondary N) is 1. The number of para-hydroxylation sites is 3. The summed E-state index contributed by atoms with van der Waals surface area (Å²) in [4.78, 5) is 13.6. The van der Waals surface area contributed by atoms with E-state index in [9.17, 15) is 13.2 Å². The molecule has 1 atom stereocenters. The van der Waals surface area contributed by atoms with Crippen molar-refractivity contribution in [3.63, 3.8) is 0 Å². The van der Waals surface area contributed by atoms with Gasteiger partial charge in [0, 0.05) is 12.0 Å². The van der Waals surface area contributed by atoms with Crippen LogP contribution in [-0.2, 0) is 14.8 Å². The lowest BCUT2D eigenvalue weighted by molar-refractivity contribution is -0.121. The molecule has 0 aromatic heterocycles. The van der Waals surface area contributed by atoms with E-state index in [1.165, 1.54) is 7.11 Å². The van der Waals surface area contributed by atoms with Crippen LogP contribution < -0.4 is 19.1 Å². The molecule has 1 aliphatic heterocycles. The van der Waals surface area contributed by atoms with Crippen LogP contribution in [0.2, 0.25) is 0 Å². The molecule has 37 heavy (non-hydrogen) atoms. The largest absolute Gasteiger partial charge is 0.495 e. The molecule has 8 heteroatoms. The topological polar surface area (TPSA) is 84.9 Å². The van der Waals surface area contributed by atoms with E-state index < -0.39 is 28.1 Å². The fourth-order valence-corrected chi connectivity index (χ4v) is 6.20. The van der Waals surface area contributed by atoms with E-state index in [-0.39, 0.29) is 10.9 Å². The van der Waals surface area contributed by atoms with E-state index in [0.29, 0.717) is 17.9 Å². The van der Waals surface area contributed by atoms with Crippen molar-refractivity contribution in [2.24, 2.45) is 0 Å². The van der Waals surface area contributed by atoms with Crippen molar-refractivity contribution in [3.8, 4) is 11.5 Å². The smallest absolute Gasteiger partial charge is 0.264 e. The van der Waals surface area contributed by atoms with E-state index >= 15 is 0 Å². The Labute approximate surface area is 219 Å². The molecule has 1 N–H and O–H groups in total. The van der Waals surface area contributed by atoms with Gasteiger partial charge in [-0.05, 0) is 50.1 Å². The molecule has 1 aliphatic rings. The molecular formula is C29H34N2O5S. The number of nitrogens with zero attached hydrogens (tertiary/aromatic N) is 1. The third-order valence-corrected chi connectivity index (χ3v) is 8.84. The molecule has 7 nitrogen and oxygen atoms in total. The lowest BCUT2D eigenvalue weighted by Crippen LogP contribution is -2.47. The summed E-state index contributed by atoms with van der Waals surface area (Å²) in [6.45, 7) is 5.64. The van der Waals surface area contributed by atoms with Gasteiger partial charge in [0.15, 0.2) is 0 Å². The summed E-state index contributed by atoms with van der Waals surface area (Å²) in [6, 6.07) is 20.7. The zero-order valence-electron chi connectivity index (χ0n) is 21.7. The number of amides is 1. The zero-order valence-corrected chi connectivity index (χ0v) is 22.5. The van der Waals surface area contributed by atoms with Gasteiger partial charge in [-0.15, -0.1) is 0 Å². The van der Waals surface area contributed by atoms with Gasteiger partial charge in [0.25, 0.3) is 10.0 Å². The monoisotopic (exact) mass is 522 g/mol. The Bertz CT molecular complexity index is 1350. The Hall–Kier alpha value is -3.52. The van der Waals surface area contributed by atoms with Crippen molar-refractivity contribution in [2.45, 2.75) is 56.6 Å². The molecule has 0 saturated carbocycles. The highest BCUT2D eigenvalue weighted by molar-refractivity contribution is 7.92. The molecule has 4 rings (SSSR count). The highest BCUT2D eigenvalue weighted by atomic mass is 32.2. The predicted octanol–water partition coefficient (Wildman–Crippen LogP) is 5.40. The van der Waals surface area contributed by atoms with Crippen LogP contribution in [-0.4, -0.2) is 33.6 Å². The van der Waals surface area contributed by atoms with Crippen molar-refractivity contribution in [3.05, 3.63) is 83.9 Å². The number of benzene rings is 3. The molecule has 1 amide bonds. The molecular weight excluding hydrogens is 488 g/mol. The summed E-state index contributed by atoms with van der Waals surface area (Å²) in [6.07, 6.45) is 2.18. The van der Waals surface area contributed by atoms with Gasteiger partial charge < -0.3 is 14.8 Å². The normalized spacial score (nSPS) is 16.3. The Kier molecular flexibility index (Phi) is 7.78. The lowest BCUT2D eigenvalue weighted by Gasteiger charge is -2.41. The molecule has 0 bridgehead atoms. The van der Waals surface area contributed by atoms with Crippen molar-refractivity contribution in [2.75, 3.05) is 18.0 Å². The summed E-state index contributed by atoms with van der Waals surface area (Å²) in [5, 5.41) is 3.10. The van der Waals surface area contributed by atoms with Gasteiger partial charge in [-0.1, -0.05) is 61.9 Å². The minimum Gasteiger partial charge on any atom is -0.495 e. The molecule has 0 unspecified atom stereocenters. The average Bonchev–Trinajstić information content (AvgIpc) is 2.91. The SMILES string of the molecule is CCC1(CC)C[C@H](NC(=O)CN(c2ccccc2OC)S(=O)(=O)c2ccc(C)cc2)c2ccccc2O1. The van der Waals surface area contributed by atoms with E-state index in [0.717, 1.165) is 34.0 Å². The van der Waals surface area contributed by atoms with Crippen LogP contribution in [0, 0.1) is 6.92 Å². The molecule has 196 valence electrons. The average molecular weight is 523 g/mol. The third-order valence-electron chi connectivity index (χ3n) is 7.07. The number of ether oxygens (including phenoxy) is 2. The maximum Gasteiger partial charge on any atom is 0.264 e.